The van der Waals surface area contributed by atoms with Gasteiger partial charge in [0.25, 0.3) is 5.91 Å². The van der Waals surface area contributed by atoms with E-state index in [1.54, 1.807) is 7.05 Å². The molecule has 4 rings (SSSR count). The topological polar surface area (TPSA) is 72.1 Å². The maximum atomic E-state index is 12.1. The molecule has 2 heterocycles. The normalized spacial score (nSPS) is 16.9. The van der Waals surface area contributed by atoms with Gasteiger partial charge < -0.3 is 29.7 Å². The Kier molecular flexibility index (Phi) is 4.72. The van der Waals surface area contributed by atoms with E-state index in [1.165, 1.54) is 0 Å². The number of ether oxygens (including phenoxy) is 3. The maximum Gasteiger partial charge on any atom is 0.262 e. The van der Waals surface area contributed by atoms with Crippen LogP contribution in [0.2, 0.25) is 0 Å². The lowest BCUT2D eigenvalue weighted by Crippen LogP contribution is -2.52. The van der Waals surface area contributed by atoms with E-state index in [0.717, 1.165) is 22.7 Å². The van der Waals surface area contributed by atoms with Gasteiger partial charge in [-0.1, -0.05) is 18.2 Å². The number of amides is 1. The quantitative estimate of drug-likeness (QED) is 0.781. The SMILES string of the molecule is CNC(=O)[C@@H]1CN(C(=S)NCc2ccc3c(c2)OCO3)c2ccccc2O1. The monoisotopic (exact) mass is 385 g/mol. The number of thiocarbonyl (C=S) groups is 1. The maximum absolute atomic E-state index is 12.1. The Bertz CT molecular complexity index is 889. The Morgan fingerprint density at radius 1 is 1.19 bits per heavy atom. The second-order valence-electron chi connectivity index (χ2n) is 6.15. The third kappa shape index (κ3) is 3.48. The highest BCUT2D eigenvalue weighted by Gasteiger charge is 2.31. The van der Waals surface area contributed by atoms with Crippen LogP contribution in [0.25, 0.3) is 0 Å². The van der Waals surface area contributed by atoms with Crippen molar-refractivity contribution in [3.05, 3.63) is 48.0 Å². The average molecular weight is 385 g/mol. The van der Waals surface area contributed by atoms with E-state index in [0.29, 0.717) is 24.0 Å². The summed E-state index contributed by atoms with van der Waals surface area (Å²) in [5.41, 5.74) is 1.85. The molecule has 2 aromatic rings. The molecule has 0 bridgehead atoms. The minimum Gasteiger partial charge on any atom is -0.477 e. The first-order valence-corrected chi connectivity index (χ1v) is 8.97. The predicted octanol–water partition coefficient (Wildman–Crippen LogP) is 1.80. The van der Waals surface area contributed by atoms with Gasteiger partial charge >= 0.3 is 0 Å². The Balaban J connectivity index is 1.49. The molecule has 0 aromatic heterocycles. The highest BCUT2D eigenvalue weighted by atomic mass is 32.1. The summed E-state index contributed by atoms with van der Waals surface area (Å²) in [4.78, 5) is 14.0. The lowest BCUT2D eigenvalue weighted by Gasteiger charge is -2.35. The first-order chi connectivity index (χ1) is 13.2. The van der Waals surface area contributed by atoms with Crippen LogP contribution in [-0.4, -0.2) is 37.5 Å². The molecular formula is C19H19N3O4S. The van der Waals surface area contributed by atoms with Crippen LogP contribution in [0.5, 0.6) is 17.2 Å². The van der Waals surface area contributed by atoms with Crippen LogP contribution in [0.15, 0.2) is 42.5 Å². The molecule has 0 unspecified atom stereocenters. The summed E-state index contributed by atoms with van der Waals surface area (Å²) in [6.07, 6.45) is -0.629. The molecule has 0 radical (unpaired) electrons. The molecule has 1 atom stereocenters. The summed E-state index contributed by atoms with van der Waals surface area (Å²) in [5.74, 6) is 1.92. The summed E-state index contributed by atoms with van der Waals surface area (Å²) in [6.45, 7) is 1.11. The number of anilines is 1. The number of carbonyl (C=O) groups is 1. The van der Waals surface area contributed by atoms with Crippen LogP contribution in [0, 0.1) is 0 Å². The number of nitrogens with one attached hydrogen (secondary N) is 2. The van der Waals surface area contributed by atoms with E-state index in [-0.39, 0.29) is 12.7 Å². The zero-order valence-electron chi connectivity index (χ0n) is 14.7. The van der Waals surface area contributed by atoms with Gasteiger partial charge in [-0.05, 0) is 42.0 Å². The van der Waals surface area contributed by atoms with Gasteiger partial charge in [-0.15, -0.1) is 0 Å². The lowest BCUT2D eigenvalue weighted by molar-refractivity contribution is -0.127. The summed E-state index contributed by atoms with van der Waals surface area (Å²) >= 11 is 5.60. The van der Waals surface area contributed by atoms with Crippen molar-refractivity contribution < 1.29 is 19.0 Å². The van der Waals surface area contributed by atoms with Gasteiger partial charge in [-0.3, -0.25) is 4.79 Å². The lowest BCUT2D eigenvalue weighted by atomic mass is 10.2. The number of fused-ring (bicyclic) bond motifs is 2. The first kappa shape index (κ1) is 17.4. The molecule has 7 nitrogen and oxygen atoms in total. The number of para-hydroxylation sites is 2. The summed E-state index contributed by atoms with van der Waals surface area (Å²) in [5, 5.41) is 6.40. The Hall–Kier alpha value is -3.00. The molecular weight excluding hydrogens is 366 g/mol. The average Bonchev–Trinajstić information content (AvgIpc) is 3.18. The minimum absolute atomic E-state index is 0.187. The van der Waals surface area contributed by atoms with Crippen LogP contribution in [-0.2, 0) is 11.3 Å². The van der Waals surface area contributed by atoms with E-state index in [1.807, 2.05) is 47.4 Å². The van der Waals surface area contributed by atoms with Crippen LogP contribution in [0.3, 0.4) is 0 Å². The second kappa shape index (κ2) is 7.32. The third-order valence-electron chi connectivity index (χ3n) is 4.44. The molecule has 0 aliphatic carbocycles. The fourth-order valence-corrected chi connectivity index (χ4v) is 3.29. The van der Waals surface area contributed by atoms with Crippen molar-refractivity contribution in [2.45, 2.75) is 12.6 Å². The Morgan fingerprint density at radius 2 is 2.00 bits per heavy atom. The number of nitrogens with zero attached hydrogens (tertiary/aromatic N) is 1. The zero-order valence-corrected chi connectivity index (χ0v) is 15.5. The molecule has 0 spiro atoms. The molecule has 0 fully saturated rings. The van der Waals surface area contributed by atoms with E-state index >= 15 is 0 Å². The van der Waals surface area contributed by atoms with Gasteiger partial charge in [-0.25, -0.2) is 0 Å². The van der Waals surface area contributed by atoms with Crippen molar-refractivity contribution in [1.82, 2.24) is 10.6 Å². The van der Waals surface area contributed by atoms with Crippen molar-refractivity contribution in [1.29, 1.82) is 0 Å². The van der Waals surface area contributed by atoms with E-state index in [4.69, 9.17) is 26.4 Å². The van der Waals surface area contributed by atoms with Crippen molar-refractivity contribution >= 4 is 28.9 Å². The number of benzene rings is 2. The van der Waals surface area contributed by atoms with Crippen molar-refractivity contribution in [2.75, 3.05) is 25.3 Å². The zero-order chi connectivity index (χ0) is 18.8. The largest absolute Gasteiger partial charge is 0.477 e. The van der Waals surface area contributed by atoms with Crippen LogP contribution in [0.1, 0.15) is 5.56 Å². The minimum atomic E-state index is -0.629. The van der Waals surface area contributed by atoms with Crippen LogP contribution >= 0.6 is 12.2 Å². The number of hydrogen-bond donors (Lipinski definition) is 2. The van der Waals surface area contributed by atoms with Crippen molar-refractivity contribution in [3.8, 4) is 17.2 Å². The molecule has 2 aromatic carbocycles. The molecule has 140 valence electrons. The van der Waals surface area contributed by atoms with E-state index in [9.17, 15) is 4.79 Å². The molecule has 1 amide bonds. The molecule has 27 heavy (non-hydrogen) atoms. The molecule has 0 saturated heterocycles. The number of rotatable bonds is 3. The first-order valence-electron chi connectivity index (χ1n) is 8.57. The molecule has 8 heteroatoms. The summed E-state index contributed by atoms with van der Waals surface area (Å²) in [6, 6.07) is 13.3. The number of hydrogen-bond acceptors (Lipinski definition) is 5. The fourth-order valence-electron chi connectivity index (χ4n) is 3.05. The number of likely N-dealkylation sites (N-methyl/N-ethyl adjacent to an activating group) is 1. The van der Waals surface area contributed by atoms with Crippen LogP contribution < -0.4 is 29.7 Å². The molecule has 2 N–H and O–H groups in total. The van der Waals surface area contributed by atoms with E-state index in [2.05, 4.69) is 10.6 Å². The van der Waals surface area contributed by atoms with Gasteiger partial charge in [0.2, 0.25) is 6.79 Å². The molecule has 2 aliphatic rings. The van der Waals surface area contributed by atoms with Gasteiger partial charge in [0.05, 0.1) is 12.2 Å². The van der Waals surface area contributed by atoms with Crippen molar-refractivity contribution in [2.24, 2.45) is 0 Å². The van der Waals surface area contributed by atoms with Crippen molar-refractivity contribution in [3.63, 3.8) is 0 Å². The standard InChI is InChI=1S/C19H19N3O4S/c1-20-18(23)17-10-22(13-4-2-3-5-14(13)26-17)19(27)21-9-12-6-7-15-16(8-12)25-11-24-15/h2-8,17H,9-11H2,1H3,(H,20,23)(H,21,27)/t17-/m0/s1. The predicted molar refractivity (Wildman–Crippen MR) is 104 cm³/mol. The van der Waals surface area contributed by atoms with Crippen LogP contribution in [0.4, 0.5) is 5.69 Å². The van der Waals surface area contributed by atoms with Gasteiger partial charge in [-0.2, -0.15) is 0 Å². The fraction of sp³-hybridized carbons (Fsp3) is 0.263. The second-order valence-corrected chi connectivity index (χ2v) is 6.53. The molecule has 2 aliphatic heterocycles. The van der Waals surface area contributed by atoms with Gasteiger partial charge in [0.1, 0.15) is 5.75 Å². The summed E-state index contributed by atoms with van der Waals surface area (Å²) in [7, 11) is 1.59. The Morgan fingerprint density at radius 3 is 2.85 bits per heavy atom. The van der Waals surface area contributed by atoms with Gasteiger partial charge in [0, 0.05) is 13.6 Å². The van der Waals surface area contributed by atoms with Gasteiger partial charge in [0.15, 0.2) is 22.7 Å². The van der Waals surface area contributed by atoms with E-state index < -0.39 is 6.10 Å². The number of carbonyl (C=O) groups excluding carboxylic acids is 1. The Labute approximate surface area is 162 Å². The molecule has 0 saturated carbocycles. The highest BCUT2D eigenvalue weighted by Crippen LogP contribution is 2.34. The highest BCUT2D eigenvalue weighted by molar-refractivity contribution is 7.80. The summed E-state index contributed by atoms with van der Waals surface area (Å²) < 4.78 is 16.5. The smallest absolute Gasteiger partial charge is 0.262 e. The third-order valence-corrected chi connectivity index (χ3v) is 4.80.